The van der Waals surface area contributed by atoms with Gasteiger partial charge in [-0.05, 0) is 57.3 Å². The third kappa shape index (κ3) is 2.80. The van der Waals surface area contributed by atoms with E-state index in [9.17, 15) is 9.59 Å². The average Bonchev–Trinajstić information content (AvgIpc) is 3.20. The Morgan fingerprint density at radius 3 is 2.59 bits per heavy atom. The van der Waals surface area contributed by atoms with Gasteiger partial charge in [0.2, 0.25) is 0 Å². The summed E-state index contributed by atoms with van der Waals surface area (Å²) in [4.78, 5) is 24.2. The van der Waals surface area contributed by atoms with E-state index in [2.05, 4.69) is 24.4 Å². The fourth-order valence-corrected chi connectivity index (χ4v) is 4.62. The molecule has 3 aliphatic carbocycles. The number of amides is 1. The Hall–Kier alpha value is -1.32. The van der Waals surface area contributed by atoms with E-state index in [4.69, 9.17) is 4.74 Å². The molecule has 4 unspecified atom stereocenters. The number of fused-ring (bicyclic) bond motifs is 2. The van der Waals surface area contributed by atoms with Crippen LogP contribution in [0.25, 0.3) is 0 Å². The number of hydrogen-bond acceptors (Lipinski definition) is 3. The molecule has 3 aliphatic rings. The molecule has 2 bridgehead atoms. The number of allylic oxidation sites excluding steroid dienone is 2. The van der Waals surface area contributed by atoms with Crippen molar-refractivity contribution in [3.05, 3.63) is 12.2 Å². The zero-order valence-corrected chi connectivity index (χ0v) is 13.6. The third-order valence-electron chi connectivity index (χ3n) is 6.12. The van der Waals surface area contributed by atoms with E-state index in [1.54, 1.807) is 6.92 Å². The second-order valence-electron chi connectivity index (χ2n) is 7.46. The van der Waals surface area contributed by atoms with Crippen molar-refractivity contribution >= 4 is 11.9 Å². The summed E-state index contributed by atoms with van der Waals surface area (Å²) in [5, 5.41) is 2.96. The molecular weight excluding hydrogens is 278 g/mol. The first-order valence-electron chi connectivity index (χ1n) is 8.64. The maximum Gasteiger partial charge on any atom is 0.407 e. The van der Waals surface area contributed by atoms with Gasteiger partial charge in [-0.3, -0.25) is 4.79 Å². The lowest BCUT2D eigenvalue weighted by molar-refractivity contribution is -0.130. The summed E-state index contributed by atoms with van der Waals surface area (Å²) < 4.78 is 5.47. The molecule has 2 saturated carbocycles. The predicted molar refractivity (Wildman–Crippen MR) is 84.4 cm³/mol. The van der Waals surface area contributed by atoms with E-state index in [-0.39, 0.29) is 30.4 Å². The Kier molecular flexibility index (Phi) is 4.28. The van der Waals surface area contributed by atoms with Crippen molar-refractivity contribution in [3.8, 4) is 0 Å². The number of ether oxygens (including phenoxy) is 1. The first-order valence-corrected chi connectivity index (χ1v) is 8.64. The van der Waals surface area contributed by atoms with Gasteiger partial charge in [0.05, 0.1) is 5.41 Å². The summed E-state index contributed by atoms with van der Waals surface area (Å²) >= 11 is 0. The lowest BCUT2D eigenvalue weighted by Crippen LogP contribution is -2.43. The van der Waals surface area contributed by atoms with Gasteiger partial charge >= 0.3 is 6.09 Å². The fourth-order valence-electron chi connectivity index (χ4n) is 4.62. The number of carbonyl (C=O) groups is 2. The molecule has 1 amide bonds. The first kappa shape index (κ1) is 15.6. The van der Waals surface area contributed by atoms with E-state index in [1.165, 1.54) is 25.7 Å². The minimum absolute atomic E-state index is 0.154. The molecule has 2 fully saturated rings. The van der Waals surface area contributed by atoms with Crippen molar-refractivity contribution in [2.24, 2.45) is 23.2 Å². The summed E-state index contributed by atoms with van der Waals surface area (Å²) in [6.45, 7) is 3.91. The summed E-state index contributed by atoms with van der Waals surface area (Å²) in [6, 6.07) is 0.156. The summed E-state index contributed by atoms with van der Waals surface area (Å²) in [5.74, 6) is 1.45. The number of rotatable bonds is 5. The number of nitrogens with one attached hydrogen (secondary N) is 1. The number of ketones is 1. The van der Waals surface area contributed by atoms with Crippen LogP contribution in [-0.4, -0.2) is 24.5 Å². The smallest absolute Gasteiger partial charge is 0.407 e. The minimum atomic E-state index is -0.479. The number of carbonyl (C=O) groups excluding carboxylic acids is 2. The van der Waals surface area contributed by atoms with Crippen molar-refractivity contribution < 1.29 is 14.3 Å². The molecule has 0 radical (unpaired) electrons. The standard InChI is InChI=1S/C18H27NO3/c1-12(15-5-3-4-6-15)19-17(21)22-11-18(13(2)20)10-14-7-8-16(18)9-14/h7-8,12,14-16H,3-6,9-11H2,1-2H3,(H,19,21). The molecule has 1 N–H and O–H groups in total. The molecule has 122 valence electrons. The lowest BCUT2D eigenvalue weighted by Gasteiger charge is -2.32. The quantitative estimate of drug-likeness (QED) is 0.791. The Labute approximate surface area is 132 Å². The van der Waals surface area contributed by atoms with Crippen LogP contribution in [0.2, 0.25) is 0 Å². The summed E-state index contributed by atoms with van der Waals surface area (Å²) in [7, 11) is 0. The number of Topliss-reactive ketones (excluding diaryl/α,β-unsaturated/α-hetero) is 1. The molecule has 4 heteroatoms. The van der Waals surface area contributed by atoms with Gasteiger partial charge in [0.25, 0.3) is 0 Å². The lowest BCUT2D eigenvalue weighted by atomic mass is 9.73. The van der Waals surface area contributed by atoms with Gasteiger partial charge in [0, 0.05) is 6.04 Å². The van der Waals surface area contributed by atoms with Crippen molar-refractivity contribution in [2.45, 2.75) is 58.4 Å². The van der Waals surface area contributed by atoms with E-state index < -0.39 is 5.41 Å². The highest BCUT2D eigenvalue weighted by Crippen LogP contribution is 2.52. The molecule has 0 heterocycles. The predicted octanol–water partition coefficient (Wildman–Crippen LogP) is 3.46. The van der Waals surface area contributed by atoms with Crippen LogP contribution in [0.15, 0.2) is 12.2 Å². The molecule has 0 aliphatic heterocycles. The molecule has 0 saturated heterocycles. The molecule has 3 rings (SSSR count). The van der Waals surface area contributed by atoms with Crippen LogP contribution in [0.1, 0.15) is 52.4 Å². The van der Waals surface area contributed by atoms with Gasteiger partial charge in [-0.2, -0.15) is 0 Å². The van der Waals surface area contributed by atoms with Crippen LogP contribution in [0.4, 0.5) is 4.79 Å². The molecule has 0 spiro atoms. The Balaban J connectivity index is 1.53. The zero-order valence-electron chi connectivity index (χ0n) is 13.6. The Morgan fingerprint density at radius 1 is 1.32 bits per heavy atom. The van der Waals surface area contributed by atoms with Crippen LogP contribution in [0, 0.1) is 23.2 Å². The van der Waals surface area contributed by atoms with E-state index in [0.717, 1.165) is 12.8 Å². The Morgan fingerprint density at radius 2 is 2.05 bits per heavy atom. The van der Waals surface area contributed by atoms with Crippen LogP contribution in [0.5, 0.6) is 0 Å². The number of hydrogen-bond donors (Lipinski definition) is 1. The van der Waals surface area contributed by atoms with Crippen molar-refractivity contribution in [1.82, 2.24) is 5.32 Å². The van der Waals surface area contributed by atoms with Crippen LogP contribution in [-0.2, 0) is 9.53 Å². The maximum atomic E-state index is 12.2. The fraction of sp³-hybridized carbons (Fsp3) is 0.778. The van der Waals surface area contributed by atoms with Gasteiger partial charge in [-0.25, -0.2) is 4.79 Å². The average molecular weight is 305 g/mol. The molecule has 4 atom stereocenters. The highest BCUT2D eigenvalue weighted by atomic mass is 16.5. The summed E-state index contributed by atoms with van der Waals surface area (Å²) in [6.07, 6.45) is 10.7. The SMILES string of the molecule is CC(=O)C1(COC(=O)NC(C)C2CCCC2)CC2C=CC1C2. The third-order valence-corrected chi connectivity index (χ3v) is 6.12. The van der Waals surface area contributed by atoms with Gasteiger partial charge in [0.15, 0.2) is 0 Å². The molecule has 0 aromatic rings. The molecule has 22 heavy (non-hydrogen) atoms. The molecule has 0 aromatic heterocycles. The largest absolute Gasteiger partial charge is 0.448 e. The van der Waals surface area contributed by atoms with Gasteiger partial charge in [0.1, 0.15) is 12.4 Å². The monoisotopic (exact) mass is 305 g/mol. The van der Waals surface area contributed by atoms with Crippen molar-refractivity contribution in [3.63, 3.8) is 0 Å². The van der Waals surface area contributed by atoms with Gasteiger partial charge < -0.3 is 10.1 Å². The highest BCUT2D eigenvalue weighted by molar-refractivity contribution is 5.84. The van der Waals surface area contributed by atoms with E-state index in [1.807, 2.05) is 0 Å². The zero-order chi connectivity index (χ0) is 15.7. The van der Waals surface area contributed by atoms with Crippen LogP contribution in [0.3, 0.4) is 0 Å². The van der Waals surface area contributed by atoms with Crippen molar-refractivity contribution in [1.29, 1.82) is 0 Å². The summed E-state index contributed by atoms with van der Waals surface area (Å²) in [5.41, 5.74) is -0.479. The normalized spacial score (nSPS) is 34.8. The second-order valence-corrected chi connectivity index (χ2v) is 7.46. The maximum absolute atomic E-state index is 12.2. The van der Waals surface area contributed by atoms with Crippen LogP contribution < -0.4 is 5.32 Å². The van der Waals surface area contributed by atoms with E-state index in [0.29, 0.717) is 11.8 Å². The van der Waals surface area contributed by atoms with Crippen LogP contribution >= 0.6 is 0 Å². The topological polar surface area (TPSA) is 55.4 Å². The molecule has 4 nitrogen and oxygen atoms in total. The Bertz CT molecular complexity index is 481. The van der Waals surface area contributed by atoms with E-state index >= 15 is 0 Å². The highest BCUT2D eigenvalue weighted by Gasteiger charge is 2.52. The van der Waals surface area contributed by atoms with Gasteiger partial charge in [-0.1, -0.05) is 25.0 Å². The molecule has 0 aromatic carbocycles. The molecular formula is C18H27NO3. The van der Waals surface area contributed by atoms with Crippen molar-refractivity contribution in [2.75, 3.05) is 6.61 Å². The first-order chi connectivity index (χ1) is 10.5. The second kappa shape index (κ2) is 6.05. The minimum Gasteiger partial charge on any atom is -0.448 e. The van der Waals surface area contributed by atoms with Gasteiger partial charge in [-0.15, -0.1) is 0 Å². The number of alkyl carbamates (subject to hydrolysis) is 1.